The van der Waals surface area contributed by atoms with E-state index in [1.165, 1.54) is 35.7 Å². The summed E-state index contributed by atoms with van der Waals surface area (Å²) in [6.07, 6.45) is 0.323. The Bertz CT molecular complexity index is 1460. The van der Waals surface area contributed by atoms with Crippen LogP contribution in [-0.4, -0.2) is 34.6 Å². The normalized spacial score (nSPS) is 11.2. The van der Waals surface area contributed by atoms with Crippen molar-refractivity contribution in [3.8, 4) is 5.75 Å². The largest absolute Gasteiger partial charge is 0.495 e. The number of ether oxygens (including phenoxy) is 1. The maximum atomic E-state index is 13.6. The number of amides is 2. The molecule has 186 valence electrons. The third-order valence-corrected chi connectivity index (χ3v) is 7.43. The number of rotatable bonds is 9. The van der Waals surface area contributed by atoms with E-state index in [1.807, 2.05) is 24.3 Å². The zero-order valence-electron chi connectivity index (χ0n) is 19.6. The highest BCUT2D eigenvalue weighted by molar-refractivity contribution is 7.92. The van der Waals surface area contributed by atoms with E-state index in [1.54, 1.807) is 42.5 Å². The fourth-order valence-corrected chi connectivity index (χ4v) is 5.33. The SMILES string of the molecule is COc1ccccc1NC(=O)NCCCN(c1ccc(F)cc1)S(=O)(=O)c1ccc2ccccc2c1. The van der Waals surface area contributed by atoms with Crippen LogP contribution in [0.2, 0.25) is 0 Å². The summed E-state index contributed by atoms with van der Waals surface area (Å²) in [5.41, 5.74) is 0.854. The first-order valence-corrected chi connectivity index (χ1v) is 12.8. The van der Waals surface area contributed by atoms with Gasteiger partial charge in [0.15, 0.2) is 0 Å². The van der Waals surface area contributed by atoms with Crippen LogP contribution < -0.4 is 19.7 Å². The first kappa shape index (κ1) is 25.0. The van der Waals surface area contributed by atoms with Crippen molar-refractivity contribution < 1.29 is 22.3 Å². The van der Waals surface area contributed by atoms with Gasteiger partial charge in [-0.25, -0.2) is 17.6 Å². The van der Waals surface area contributed by atoms with Crippen molar-refractivity contribution in [1.82, 2.24) is 5.32 Å². The van der Waals surface area contributed by atoms with Gasteiger partial charge in [0.05, 0.1) is 23.4 Å². The number of nitrogens with one attached hydrogen (secondary N) is 2. The molecule has 0 saturated carbocycles. The van der Waals surface area contributed by atoms with Crippen LogP contribution in [0.3, 0.4) is 0 Å². The summed E-state index contributed by atoms with van der Waals surface area (Å²) in [6.45, 7) is 0.293. The van der Waals surface area contributed by atoms with E-state index in [0.29, 0.717) is 23.5 Å². The number of para-hydroxylation sites is 2. The first-order chi connectivity index (χ1) is 17.4. The second kappa shape index (κ2) is 11.1. The maximum absolute atomic E-state index is 13.6. The highest BCUT2D eigenvalue weighted by Crippen LogP contribution is 2.27. The third-order valence-electron chi connectivity index (χ3n) is 5.60. The highest BCUT2D eigenvalue weighted by Gasteiger charge is 2.25. The number of halogens is 1. The Morgan fingerprint density at radius 2 is 1.61 bits per heavy atom. The first-order valence-electron chi connectivity index (χ1n) is 11.3. The molecule has 0 aliphatic heterocycles. The number of sulfonamides is 1. The molecule has 0 aliphatic rings. The van der Waals surface area contributed by atoms with Gasteiger partial charge in [-0.05, 0) is 65.7 Å². The molecule has 0 heterocycles. The summed E-state index contributed by atoms with van der Waals surface area (Å²) in [7, 11) is -2.44. The number of carbonyl (C=O) groups excluding carboxylic acids is 1. The fraction of sp³-hybridized carbons (Fsp3) is 0.148. The Balaban J connectivity index is 1.48. The van der Waals surface area contributed by atoms with Gasteiger partial charge in [-0.2, -0.15) is 0 Å². The van der Waals surface area contributed by atoms with Crippen LogP contribution in [0, 0.1) is 5.82 Å². The molecular weight excluding hydrogens is 481 g/mol. The minimum Gasteiger partial charge on any atom is -0.495 e. The predicted molar refractivity (Wildman–Crippen MR) is 140 cm³/mol. The highest BCUT2D eigenvalue weighted by atomic mass is 32.2. The summed E-state index contributed by atoms with van der Waals surface area (Å²) < 4.78 is 47.2. The molecule has 4 aromatic rings. The zero-order valence-corrected chi connectivity index (χ0v) is 20.5. The molecule has 0 fully saturated rings. The van der Waals surface area contributed by atoms with Gasteiger partial charge < -0.3 is 15.4 Å². The lowest BCUT2D eigenvalue weighted by Crippen LogP contribution is -2.35. The number of benzene rings is 4. The van der Waals surface area contributed by atoms with Gasteiger partial charge in [-0.3, -0.25) is 4.31 Å². The van der Waals surface area contributed by atoms with Crippen LogP contribution in [0.15, 0.2) is 95.9 Å². The van der Waals surface area contributed by atoms with Crippen molar-refractivity contribution in [2.75, 3.05) is 29.8 Å². The number of hydrogen-bond acceptors (Lipinski definition) is 4. The average Bonchev–Trinajstić information content (AvgIpc) is 2.89. The molecule has 2 amide bonds. The van der Waals surface area contributed by atoms with Gasteiger partial charge in [0, 0.05) is 13.1 Å². The smallest absolute Gasteiger partial charge is 0.319 e. The summed E-state index contributed by atoms with van der Waals surface area (Å²) in [5.74, 6) is 0.0631. The van der Waals surface area contributed by atoms with Crippen LogP contribution in [0.25, 0.3) is 10.8 Å². The molecule has 9 heteroatoms. The Kier molecular flexibility index (Phi) is 7.70. The minimum absolute atomic E-state index is 0.0791. The Hall–Kier alpha value is -4.11. The number of carbonyl (C=O) groups is 1. The second-order valence-electron chi connectivity index (χ2n) is 8.00. The molecule has 4 rings (SSSR count). The number of fused-ring (bicyclic) bond motifs is 1. The van der Waals surface area contributed by atoms with Crippen molar-refractivity contribution in [2.45, 2.75) is 11.3 Å². The van der Waals surface area contributed by atoms with Gasteiger partial charge in [0.2, 0.25) is 0 Å². The van der Waals surface area contributed by atoms with Crippen LogP contribution in [0.4, 0.5) is 20.6 Å². The summed E-state index contributed by atoms with van der Waals surface area (Å²) in [4.78, 5) is 12.5. The van der Waals surface area contributed by atoms with Crippen LogP contribution in [0.5, 0.6) is 5.75 Å². The Morgan fingerprint density at radius 3 is 2.36 bits per heavy atom. The van der Waals surface area contributed by atoms with Crippen LogP contribution in [0.1, 0.15) is 6.42 Å². The van der Waals surface area contributed by atoms with Gasteiger partial charge in [0.25, 0.3) is 10.0 Å². The molecule has 36 heavy (non-hydrogen) atoms. The predicted octanol–water partition coefficient (Wildman–Crippen LogP) is 5.39. The number of methoxy groups -OCH3 is 1. The standard InChI is InChI=1S/C27H26FN3O4S/c1-35-26-10-5-4-9-25(26)30-27(32)29-17-6-18-31(23-14-12-22(28)13-15-23)36(33,34)24-16-11-20-7-2-3-8-21(20)19-24/h2-5,7-16,19H,6,17-18H2,1H3,(H2,29,30,32). The molecule has 0 radical (unpaired) electrons. The number of anilines is 2. The van der Waals surface area contributed by atoms with E-state index in [0.717, 1.165) is 10.8 Å². The molecular formula is C27H26FN3O4S. The molecule has 7 nitrogen and oxygen atoms in total. The van der Waals surface area contributed by atoms with Crippen molar-refractivity contribution in [1.29, 1.82) is 0 Å². The molecule has 0 saturated heterocycles. The molecule has 0 atom stereocenters. The van der Waals surface area contributed by atoms with E-state index >= 15 is 0 Å². The molecule has 0 bridgehead atoms. The topological polar surface area (TPSA) is 87.7 Å². The number of nitrogens with zero attached hydrogens (tertiary/aromatic N) is 1. The van der Waals surface area contributed by atoms with Crippen molar-refractivity contribution >= 4 is 38.2 Å². The molecule has 4 aromatic carbocycles. The monoisotopic (exact) mass is 507 g/mol. The summed E-state index contributed by atoms with van der Waals surface area (Å²) >= 11 is 0. The second-order valence-corrected chi connectivity index (χ2v) is 9.86. The lowest BCUT2D eigenvalue weighted by Gasteiger charge is -2.25. The number of urea groups is 1. The maximum Gasteiger partial charge on any atom is 0.319 e. The van der Waals surface area contributed by atoms with E-state index in [2.05, 4.69) is 10.6 Å². The zero-order chi connectivity index (χ0) is 25.5. The van der Waals surface area contributed by atoms with Gasteiger partial charge in [-0.1, -0.05) is 42.5 Å². The van der Waals surface area contributed by atoms with Gasteiger partial charge >= 0.3 is 6.03 Å². The van der Waals surface area contributed by atoms with E-state index < -0.39 is 21.9 Å². The molecule has 0 spiro atoms. The van der Waals surface area contributed by atoms with Gasteiger partial charge in [0.1, 0.15) is 11.6 Å². The van der Waals surface area contributed by atoms with Crippen molar-refractivity contribution in [3.63, 3.8) is 0 Å². The van der Waals surface area contributed by atoms with E-state index in [-0.39, 0.29) is 18.0 Å². The Labute approximate surface area is 209 Å². The van der Waals surface area contributed by atoms with E-state index in [4.69, 9.17) is 4.74 Å². The number of hydrogen-bond donors (Lipinski definition) is 2. The summed E-state index contributed by atoms with van der Waals surface area (Å²) in [5, 5.41) is 7.16. The lowest BCUT2D eigenvalue weighted by atomic mass is 10.1. The average molecular weight is 508 g/mol. The molecule has 0 aliphatic carbocycles. The molecule has 2 N–H and O–H groups in total. The lowest BCUT2D eigenvalue weighted by molar-refractivity contribution is 0.252. The fourth-order valence-electron chi connectivity index (χ4n) is 3.79. The minimum atomic E-state index is -3.95. The molecule has 0 aromatic heterocycles. The van der Waals surface area contributed by atoms with Gasteiger partial charge in [-0.15, -0.1) is 0 Å². The summed E-state index contributed by atoms with van der Waals surface area (Å²) in [6, 6.07) is 24.3. The van der Waals surface area contributed by atoms with Crippen molar-refractivity contribution in [3.05, 3.63) is 96.8 Å². The quantitative estimate of drug-likeness (QED) is 0.297. The third kappa shape index (κ3) is 5.75. The molecule has 0 unspecified atom stereocenters. The van der Waals surface area contributed by atoms with Crippen LogP contribution in [-0.2, 0) is 10.0 Å². The van der Waals surface area contributed by atoms with Crippen molar-refractivity contribution in [2.24, 2.45) is 0 Å². The Morgan fingerprint density at radius 1 is 0.917 bits per heavy atom. The van der Waals surface area contributed by atoms with E-state index in [9.17, 15) is 17.6 Å². The van der Waals surface area contributed by atoms with Crippen LogP contribution >= 0.6 is 0 Å².